The first kappa shape index (κ1) is 16.7. The number of carbonyl (C=O) groups is 2. The molecule has 2 fully saturated rings. The Morgan fingerprint density at radius 3 is 2.70 bits per heavy atom. The lowest BCUT2D eigenvalue weighted by Crippen LogP contribution is -2.51. The summed E-state index contributed by atoms with van der Waals surface area (Å²) >= 11 is 12.3. The van der Waals surface area contributed by atoms with Crippen LogP contribution in [0.5, 0.6) is 0 Å². The molecule has 1 heterocycles. The molecule has 1 aromatic rings. The largest absolute Gasteiger partial charge is 0.381 e. The molecule has 4 nitrogen and oxygen atoms in total. The maximum absolute atomic E-state index is 13.1. The van der Waals surface area contributed by atoms with Gasteiger partial charge in [-0.05, 0) is 49.4 Å². The van der Waals surface area contributed by atoms with E-state index in [1.54, 1.807) is 19.2 Å². The van der Waals surface area contributed by atoms with Crippen LogP contribution in [-0.2, 0) is 14.3 Å². The van der Waals surface area contributed by atoms with Crippen LogP contribution in [-0.4, -0.2) is 30.4 Å². The number of benzene rings is 1. The van der Waals surface area contributed by atoms with Crippen molar-refractivity contribution in [2.75, 3.05) is 7.11 Å². The Hall–Kier alpha value is -1.10. The Labute approximate surface area is 145 Å². The normalized spacial score (nSPS) is 30.8. The Morgan fingerprint density at radius 1 is 1.30 bits per heavy atom. The van der Waals surface area contributed by atoms with Crippen molar-refractivity contribution in [3.05, 3.63) is 33.3 Å². The van der Waals surface area contributed by atoms with Crippen molar-refractivity contribution in [2.45, 2.75) is 50.2 Å². The van der Waals surface area contributed by atoms with Gasteiger partial charge in [-0.3, -0.25) is 9.59 Å². The van der Waals surface area contributed by atoms with Gasteiger partial charge in [0.05, 0.1) is 6.10 Å². The molecule has 1 saturated carbocycles. The van der Waals surface area contributed by atoms with E-state index < -0.39 is 11.5 Å². The number of carbonyl (C=O) groups excluding carboxylic acids is 2. The second kappa shape index (κ2) is 6.08. The molecule has 3 unspecified atom stereocenters. The fourth-order valence-electron chi connectivity index (χ4n) is 3.87. The van der Waals surface area contributed by atoms with Gasteiger partial charge in [0, 0.05) is 23.6 Å². The van der Waals surface area contributed by atoms with Crippen LogP contribution < -0.4 is 5.32 Å². The van der Waals surface area contributed by atoms with E-state index in [2.05, 4.69) is 5.32 Å². The summed E-state index contributed by atoms with van der Waals surface area (Å²) in [6.45, 7) is 1.82. The second-order valence-electron chi connectivity index (χ2n) is 6.44. The van der Waals surface area contributed by atoms with Crippen molar-refractivity contribution in [2.24, 2.45) is 0 Å². The van der Waals surface area contributed by atoms with Gasteiger partial charge in [-0.15, -0.1) is 0 Å². The summed E-state index contributed by atoms with van der Waals surface area (Å²) in [7, 11) is 1.64. The lowest BCUT2D eigenvalue weighted by molar-refractivity contribution is -0.127. The second-order valence-corrected chi connectivity index (χ2v) is 7.28. The number of ketones is 1. The Kier molecular flexibility index (Phi) is 4.43. The highest BCUT2D eigenvalue weighted by Crippen LogP contribution is 2.42. The lowest BCUT2D eigenvalue weighted by atomic mass is 9.75. The smallest absolute Gasteiger partial charge is 0.236 e. The fourth-order valence-corrected chi connectivity index (χ4v) is 4.57. The molecule has 1 aromatic carbocycles. The Morgan fingerprint density at radius 2 is 2.04 bits per heavy atom. The lowest BCUT2D eigenvalue weighted by Gasteiger charge is -2.36. The monoisotopic (exact) mass is 355 g/mol. The van der Waals surface area contributed by atoms with E-state index >= 15 is 0 Å². The topological polar surface area (TPSA) is 55.4 Å². The number of hydrogen-bond acceptors (Lipinski definition) is 3. The van der Waals surface area contributed by atoms with E-state index in [1.165, 1.54) is 0 Å². The predicted octanol–water partition coefficient (Wildman–Crippen LogP) is 3.41. The van der Waals surface area contributed by atoms with Crippen LogP contribution in [0.2, 0.25) is 10.0 Å². The molecule has 124 valence electrons. The number of Topliss-reactive ketones (excluding diaryl/α,β-unsaturated/α-hetero) is 1. The van der Waals surface area contributed by atoms with Gasteiger partial charge >= 0.3 is 0 Å². The molecule has 1 N–H and O–H groups in total. The zero-order valence-corrected chi connectivity index (χ0v) is 14.6. The Balaban J connectivity index is 2.00. The van der Waals surface area contributed by atoms with Crippen LogP contribution in [0, 0.1) is 6.92 Å². The van der Waals surface area contributed by atoms with Gasteiger partial charge in [0.25, 0.3) is 0 Å². The van der Waals surface area contributed by atoms with Gasteiger partial charge < -0.3 is 10.1 Å². The standard InChI is InChI=1S/C17H19Cl2NO3/c1-9-6-10(18)7-12(19)13(9)14-15(21)17(20-16(14)22)5-3-4-11(8-17)23-2/h6-7,11,14H,3-5,8H2,1-2H3,(H,20,22). The number of ether oxygens (including phenoxy) is 1. The number of hydrogen-bond donors (Lipinski definition) is 1. The number of amides is 1. The van der Waals surface area contributed by atoms with Crippen LogP contribution >= 0.6 is 23.2 Å². The molecule has 23 heavy (non-hydrogen) atoms. The minimum atomic E-state index is -0.865. The number of halogens is 2. The zero-order chi connectivity index (χ0) is 16.8. The summed E-state index contributed by atoms with van der Waals surface area (Å²) in [5, 5.41) is 3.80. The molecule has 1 saturated heterocycles. The summed E-state index contributed by atoms with van der Waals surface area (Å²) in [4.78, 5) is 25.7. The first-order valence-electron chi connectivity index (χ1n) is 7.72. The summed E-state index contributed by atoms with van der Waals surface area (Å²) in [5.41, 5.74) is 0.498. The van der Waals surface area contributed by atoms with Gasteiger partial charge in [0.2, 0.25) is 5.91 Å². The zero-order valence-electron chi connectivity index (χ0n) is 13.1. The SMILES string of the molecule is COC1CCCC2(C1)NC(=O)C(c1c(C)cc(Cl)cc1Cl)C2=O. The van der Waals surface area contributed by atoms with E-state index in [0.29, 0.717) is 28.5 Å². The van der Waals surface area contributed by atoms with Crippen LogP contribution in [0.3, 0.4) is 0 Å². The average molecular weight is 356 g/mol. The van der Waals surface area contributed by atoms with Gasteiger partial charge in [-0.25, -0.2) is 0 Å². The van der Waals surface area contributed by atoms with Gasteiger partial charge in [0.15, 0.2) is 5.78 Å². The summed E-state index contributed by atoms with van der Waals surface area (Å²) in [5.74, 6) is -1.24. The molecule has 0 aromatic heterocycles. The predicted molar refractivity (Wildman–Crippen MR) is 89.1 cm³/mol. The quantitative estimate of drug-likeness (QED) is 0.827. The molecule has 3 rings (SSSR count). The fraction of sp³-hybridized carbons (Fsp3) is 0.529. The van der Waals surface area contributed by atoms with Crippen LogP contribution in [0.15, 0.2) is 12.1 Å². The van der Waals surface area contributed by atoms with Gasteiger partial charge in [-0.2, -0.15) is 0 Å². The van der Waals surface area contributed by atoms with Crippen molar-refractivity contribution >= 4 is 34.9 Å². The van der Waals surface area contributed by atoms with Crippen molar-refractivity contribution in [3.8, 4) is 0 Å². The third kappa shape index (κ3) is 2.77. The summed E-state index contributed by atoms with van der Waals surface area (Å²) < 4.78 is 5.42. The van der Waals surface area contributed by atoms with E-state index in [0.717, 1.165) is 18.4 Å². The van der Waals surface area contributed by atoms with Crippen LogP contribution in [0.4, 0.5) is 0 Å². The first-order chi connectivity index (χ1) is 10.9. The first-order valence-corrected chi connectivity index (χ1v) is 8.48. The minimum absolute atomic E-state index is 0.00598. The number of nitrogens with one attached hydrogen (secondary N) is 1. The summed E-state index contributed by atoms with van der Waals surface area (Å²) in [6, 6.07) is 3.31. The molecule has 1 amide bonds. The maximum atomic E-state index is 13.1. The molecule has 1 aliphatic heterocycles. The van der Waals surface area contributed by atoms with Crippen LogP contribution in [0.1, 0.15) is 42.7 Å². The molecule has 1 spiro atoms. The molecule has 2 aliphatic rings. The Bertz CT molecular complexity index is 653. The van der Waals surface area contributed by atoms with E-state index in [9.17, 15) is 9.59 Å². The van der Waals surface area contributed by atoms with E-state index in [-0.39, 0.29) is 17.8 Å². The van der Waals surface area contributed by atoms with E-state index in [4.69, 9.17) is 27.9 Å². The molecule has 0 bridgehead atoms. The average Bonchev–Trinajstić information content (AvgIpc) is 2.70. The third-order valence-corrected chi connectivity index (χ3v) is 5.52. The number of methoxy groups -OCH3 is 1. The molecule has 3 atom stereocenters. The van der Waals surface area contributed by atoms with Gasteiger partial charge in [-0.1, -0.05) is 23.2 Å². The number of rotatable bonds is 2. The number of aryl methyl sites for hydroxylation is 1. The van der Waals surface area contributed by atoms with Crippen LogP contribution in [0.25, 0.3) is 0 Å². The van der Waals surface area contributed by atoms with Crippen molar-refractivity contribution < 1.29 is 14.3 Å². The highest BCUT2D eigenvalue weighted by molar-refractivity contribution is 6.36. The van der Waals surface area contributed by atoms with Crippen molar-refractivity contribution in [1.29, 1.82) is 0 Å². The molecule has 0 radical (unpaired) electrons. The van der Waals surface area contributed by atoms with Crippen molar-refractivity contribution in [1.82, 2.24) is 5.32 Å². The van der Waals surface area contributed by atoms with Crippen molar-refractivity contribution in [3.63, 3.8) is 0 Å². The maximum Gasteiger partial charge on any atom is 0.236 e. The molecule has 1 aliphatic carbocycles. The highest BCUT2D eigenvalue weighted by Gasteiger charge is 2.55. The van der Waals surface area contributed by atoms with E-state index in [1.807, 2.05) is 6.92 Å². The van der Waals surface area contributed by atoms with Gasteiger partial charge in [0.1, 0.15) is 11.5 Å². The molecular weight excluding hydrogens is 337 g/mol. The summed E-state index contributed by atoms with van der Waals surface area (Å²) in [6.07, 6.45) is 2.93. The minimum Gasteiger partial charge on any atom is -0.381 e. The highest BCUT2D eigenvalue weighted by atomic mass is 35.5. The molecule has 6 heteroatoms. The third-order valence-electron chi connectivity index (χ3n) is 4.99. The molecular formula is C17H19Cl2NO3.